The third kappa shape index (κ3) is 9.46. The number of likely N-dealkylation sites (tertiary alicyclic amines) is 1. The number of para-hydroxylation sites is 3. The lowest BCUT2D eigenvalue weighted by atomic mass is 10.1. The number of aromatic nitrogens is 2. The standard InChI is InChI=1S/C29H27FN4O2.2C2H2O4/c30-23-11-9-20(10-12-23)18-34-26-7-3-2-6-25(26)32-29(34)31-24-14-16-33(19-24)15-13-22-17-21-5-1-4-8-27(21)36-28(22)35;2*3-1(4)2(5)6/h1-12,17,24H,13-16,18-19H2,(H,31,32);2*(H,3,4)(H,5,6)/p-4. The zero-order valence-corrected chi connectivity index (χ0v) is 25.1. The maximum atomic E-state index is 13.4. The molecule has 0 saturated carbocycles. The molecular weight excluding hydrogens is 631 g/mol. The molecule has 1 saturated heterocycles. The molecule has 5 aromatic rings. The van der Waals surface area contributed by atoms with Gasteiger partial charge < -0.3 is 58.8 Å². The van der Waals surface area contributed by atoms with Gasteiger partial charge in [0.15, 0.2) is 0 Å². The average Bonchev–Trinajstić information content (AvgIpc) is 3.65. The molecule has 3 aromatic carbocycles. The molecule has 0 spiro atoms. The molecule has 1 fully saturated rings. The highest BCUT2D eigenvalue weighted by Gasteiger charge is 2.24. The summed E-state index contributed by atoms with van der Waals surface area (Å²) in [6, 6.07) is 24.5. The summed E-state index contributed by atoms with van der Waals surface area (Å²) in [7, 11) is 0. The number of carboxylic acids is 4. The zero-order valence-electron chi connectivity index (χ0n) is 25.1. The highest BCUT2D eigenvalue weighted by atomic mass is 19.1. The molecule has 2 aromatic heterocycles. The van der Waals surface area contributed by atoms with Crippen LogP contribution in [0.3, 0.4) is 0 Å². The number of carbonyl (C=O) groups excluding carboxylic acids is 4. The minimum absolute atomic E-state index is 0.236. The van der Waals surface area contributed by atoms with Gasteiger partial charge in [-0.25, -0.2) is 14.2 Å². The SMILES string of the molecule is O=C([O-])C(=O)[O-].O=C([O-])C(=O)[O-].O=c1oc2ccccc2cc1CCN1CCC(Nc2nc3ccccc3n2Cc2ccc(F)cc2)C1. The van der Waals surface area contributed by atoms with E-state index in [4.69, 9.17) is 49.0 Å². The summed E-state index contributed by atoms with van der Waals surface area (Å²) in [6.07, 6.45) is 1.65. The number of aliphatic carboxylic acids is 4. The van der Waals surface area contributed by atoms with E-state index in [-0.39, 0.29) is 17.5 Å². The molecule has 250 valence electrons. The summed E-state index contributed by atoms with van der Waals surface area (Å²) in [5.41, 5.74) is 4.08. The van der Waals surface area contributed by atoms with Crippen LogP contribution in [-0.2, 0) is 32.1 Å². The van der Waals surface area contributed by atoms with Gasteiger partial charge in [-0.3, -0.25) is 0 Å². The van der Waals surface area contributed by atoms with Crippen molar-refractivity contribution in [2.75, 3.05) is 25.0 Å². The normalized spacial score (nSPS) is 14.0. The fraction of sp³-hybridized carbons (Fsp3) is 0.212. The van der Waals surface area contributed by atoms with Crippen LogP contribution in [-0.4, -0.2) is 64.0 Å². The number of nitrogens with one attached hydrogen (secondary N) is 1. The molecule has 0 amide bonds. The Morgan fingerprint density at radius 2 is 1.50 bits per heavy atom. The number of benzene rings is 3. The molecular formula is C33H27FN4O10-4. The summed E-state index contributed by atoms with van der Waals surface area (Å²) in [5, 5.41) is 40.3. The minimum atomic E-state index is -2.19. The Balaban J connectivity index is 0.000000373. The van der Waals surface area contributed by atoms with E-state index in [2.05, 4.69) is 20.9 Å². The first-order valence-corrected chi connectivity index (χ1v) is 14.5. The first kappa shape index (κ1) is 34.8. The Morgan fingerprint density at radius 1 is 0.875 bits per heavy atom. The van der Waals surface area contributed by atoms with E-state index < -0.39 is 23.9 Å². The quantitative estimate of drug-likeness (QED) is 0.148. The molecule has 1 atom stereocenters. The van der Waals surface area contributed by atoms with Crippen molar-refractivity contribution in [3.63, 3.8) is 0 Å². The lowest BCUT2D eigenvalue weighted by Crippen LogP contribution is -2.42. The number of carboxylic acid groups (broad SMARTS) is 4. The summed E-state index contributed by atoms with van der Waals surface area (Å²) >= 11 is 0. The lowest BCUT2D eigenvalue weighted by Gasteiger charge is -2.18. The van der Waals surface area contributed by atoms with Crippen LogP contribution < -0.4 is 31.4 Å². The molecule has 1 aliphatic heterocycles. The lowest BCUT2D eigenvalue weighted by molar-refractivity contribution is -0.345. The molecule has 6 rings (SSSR count). The predicted molar refractivity (Wildman–Crippen MR) is 160 cm³/mol. The van der Waals surface area contributed by atoms with E-state index in [0.717, 1.165) is 54.0 Å². The van der Waals surface area contributed by atoms with Gasteiger partial charge >= 0.3 is 5.63 Å². The first-order chi connectivity index (χ1) is 22.9. The molecule has 1 N–H and O–H groups in total. The molecule has 0 bridgehead atoms. The third-order valence-electron chi connectivity index (χ3n) is 7.26. The van der Waals surface area contributed by atoms with Crippen LogP contribution in [0.25, 0.3) is 22.0 Å². The Hall–Kier alpha value is -6.09. The van der Waals surface area contributed by atoms with Crippen LogP contribution in [0.2, 0.25) is 0 Å². The number of imidazole rings is 1. The summed E-state index contributed by atoms with van der Waals surface area (Å²) in [5.74, 6) is -8.15. The molecule has 1 aliphatic rings. The number of anilines is 1. The topological polar surface area (TPSA) is 224 Å². The maximum Gasteiger partial charge on any atom is 0.339 e. The number of rotatable bonds is 7. The van der Waals surface area contributed by atoms with Gasteiger partial charge in [-0.15, -0.1) is 0 Å². The second-order valence-corrected chi connectivity index (χ2v) is 10.6. The van der Waals surface area contributed by atoms with Crippen molar-refractivity contribution in [3.05, 3.63) is 106 Å². The van der Waals surface area contributed by atoms with E-state index in [0.29, 0.717) is 24.1 Å². The maximum absolute atomic E-state index is 13.4. The molecule has 0 radical (unpaired) electrons. The Labute approximate surface area is 271 Å². The van der Waals surface area contributed by atoms with E-state index in [9.17, 15) is 9.18 Å². The highest BCUT2D eigenvalue weighted by molar-refractivity contribution is 6.25. The van der Waals surface area contributed by atoms with Crippen molar-refractivity contribution in [1.29, 1.82) is 0 Å². The van der Waals surface area contributed by atoms with Crippen LogP contribution in [0.4, 0.5) is 10.3 Å². The van der Waals surface area contributed by atoms with Crippen molar-refractivity contribution in [2.24, 2.45) is 0 Å². The number of fused-ring (bicyclic) bond motifs is 2. The van der Waals surface area contributed by atoms with Crippen molar-refractivity contribution < 1.29 is 48.4 Å². The van der Waals surface area contributed by atoms with Crippen LogP contribution in [0.1, 0.15) is 17.5 Å². The number of hydrogen-bond donors (Lipinski definition) is 1. The Morgan fingerprint density at radius 3 is 2.17 bits per heavy atom. The van der Waals surface area contributed by atoms with E-state index >= 15 is 0 Å². The van der Waals surface area contributed by atoms with Crippen LogP contribution in [0.5, 0.6) is 0 Å². The fourth-order valence-electron chi connectivity index (χ4n) is 5.01. The number of halogens is 1. The highest BCUT2D eigenvalue weighted by Crippen LogP contribution is 2.24. The predicted octanol–water partition coefficient (Wildman–Crippen LogP) is -1.97. The molecule has 1 unspecified atom stereocenters. The largest absolute Gasteiger partial charge is 0.543 e. The van der Waals surface area contributed by atoms with Crippen LogP contribution in [0.15, 0.2) is 88.1 Å². The van der Waals surface area contributed by atoms with Gasteiger partial charge in [0.1, 0.15) is 11.4 Å². The van der Waals surface area contributed by atoms with Gasteiger partial charge in [0, 0.05) is 36.6 Å². The smallest absolute Gasteiger partial charge is 0.339 e. The van der Waals surface area contributed by atoms with Crippen molar-refractivity contribution in [2.45, 2.75) is 25.4 Å². The summed E-state index contributed by atoms with van der Waals surface area (Å²) in [4.78, 5) is 55.3. The van der Waals surface area contributed by atoms with Gasteiger partial charge in [0.2, 0.25) is 5.95 Å². The van der Waals surface area contributed by atoms with Gasteiger partial charge in [0.05, 0.1) is 41.5 Å². The van der Waals surface area contributed by atoms with Gasteiger partial charge in [-0.1, -0.05) is 42.5 Å². The van der Waals surface area contributed by atoms with Gasteiger partial charge in [0.25, 0.3) is 0 Å². The van der Waals surface area contributed by atoms with Gasteiger partial charge in [-0.2, -0.15) is 0 Å². The van der Waals surface area contributed by atoms with E-state index in [1.165, 1.54) is 12.1 Å². The van der Waals surface area contributed by atoms with Crippen molar-refractivity contribution >= 4 is 51.8 Å². The molecule has 48 heavy (non-hydrogen) atoms. The molecule has 3 heterocycles. The Kier molecular flexibility index (Phi) is 11.6. The first-order valence-electron chi connectivity index (χ1n) is 14.5. The van der Waals surface area contributed by atoms with Crippen LogP contribution >= 0.6 is 0 Å². The molecule has 15 heteroatoms. The van der Waals surface area contributed by atoms with Crippen LogP contribution in [0, 0.1) is 5.82 Å². The minimum Gasteiger partial charge on any atom is -0.543 e. The molecule has 14 nitrogen and oxygen atoms in total. The average molecular weight is 659 g/mol. The number of nitrogens with zero attached hydrogens (tertiary/aromatic N) is 3. The number of hydrogen-bond acceptors (Lipinski definition) is 13. The summed E-state index contributed by atoms with van der Waals surface area (Å²) in [6.45, 7) is 3.23. The van der Waals surface area contributed by atoms with Gasteiger partial charge in [-0.05, 0) is 54.8 Å². The third-order valence-corrected chi connectivity index (χ3v) is 7.26. The second-order valence-electron chi connectivity index (χ2n) is 10.6. The monoisotopic (exact) mass is 658 g/mol. The van der Waals surface area contributed by atoms with E-state index in [1.807, 2.05) is 60.7 Å². The molecule has 0 aliphatic carbocycles. The number of carbonyl (C=O) groups is 4. The van der Waals surface area contributed by atoms with E-state index in [1.54, 1.807) is 0 Å². The zero-order chi connectivity index (χ0) is 34.8. The fourth-order valence-corrected chi connectivity index (χ4v) is 5.01. The summed E-state index contributed by atoms with van der Waals surface area (Å²) < 4.78 is 21.1. The van der Waals surface area contributed by atoms with Crippen molar-refractivity contribution in [3.8, 4) is 0 Å². The van der Waals surface area contributed by atoms with Crippen molar-refractivity contribution in [1.82, 2.24) is 14.5 Å². The Bertz CT molecular complexity index is 1940. The second kappa shape index (κ2) is 16.0.